The van der Waals surface area contributed by atoms with E-state index in [-0.39, 0.29) is 22.3 Å². The molecular formula is C25H23N3O6S. The minimum atomic E-state index is -0.477. The summed E-state index contributed by atoms with van der Waals surface area (Å²) in [4.78, 5) is 17.2. The Kier molecular flexibility index (Phi) is 6.74. The number of hydrogen-bond donors (Lipinski definition) is 3. The number of aromatic nitrogens is 1. The molecule has 4 aromatic rings. The number of aryl methyl sites for hydroxylation is 1. The average molecular weight is 494 g/mol. The van der Waals surface area contributed by atoms with Crippen LogP contribution < -0.4 is 24.8 Å². The molecule has 3 N–H and O–H groups in total. The smallest absolute Gasteiger partial charge is 0.257 e. The number of anilines is 1. The number of amides is 1. The molecule has 0 aliphatic heterocycles. The summed E-state index contributed by atoms with van der Waals surface area (Å²) >= 11 is 5.31. The molecule has 9 nitrogen and oxygen atoms in total. The van der Waals surface area contributed by atoms with Gasteiger partial charge in [-0.3, -0.25) is 10.1 Å². The molecule has 10 heteroatoms. The van der Waals surface area contributed by atoms with Crippen LogP contribution >= 0.6 is 12.2 Å². The zero-order chi connectivity index (χ0) is 25.1. The Morgan fingerprint density at radius 1 is 1.00 bits per heavy atom. The molecular weight excluding hydrogens is 470 g/mol. The van der Waals surface area contributed by atoms with Gasteiger partial charge in [0.2, 0.25) is 11.6 Å². The minimum absolute atomic E-state index is 0.00814. The Bertz CT molecular complexity index is 1410. The van der Waals surface area contributed by atoms with Crippen LogP contribution in [0.25, 0.3) is 22.6 Å². The lowest BCUT2D eigenvalue weighted by Crippen LogP contribution is -2.34. The zero-order valence-electron chi connectivity index (χ0n) is 19.5. The fourth-order valence-corrected chi connectivity index (χ4v) is 3.69. The first-order valence-electron chi connectivity index (χ1n) is 10.5. The van der Waals surface area contributed by atoms with E-state index in [4.69, 9.17) is 30.8 Å². The van der Waals surface area contributed by atoms with Gasteiger partial charge < -0.3 is 29.1 Å². The molecule has 0 aliphatic carbocycles. The second-order valence-corrected chi connectivity index (χ2v) is 7.95. The maximum Gasteiger partial charge on any atom is 0.257 e. The van der Waals surface area contributed by atoms with Crippen LogP contribution in [0.15, 0.2) is 52.9 Å². The van der Waals surface area contributed by atoms with E-state index in [1.54, 1.807) is 12.1 Å². The summed E-state index contributed by atoms with van der Waals surface area (Å²) < 4.78 is 21.7. The number of phenolic OH excluding ortho intramolecular Hbond substituents is 1. The van der Waals surface area contributed by atoms with Crippen molar-refractivity contribution in [2.45, 2.75) is 6.92 Å². The molecule has 0 saturated carbocycles. The molecule has 1 aromatic heterocycles. The Balaban J connectivity index is 1.53. The van der Waals surface area contributed by atoms with Crippen molar-refractivity contribution >= 4 is 40.0 Å². The molecule has 4 rings (SSSR count). The number of fused-ring (bicyclic) bond motifs is 1. The molecule has 0 aliphatic rings. The van der Waals surface area contributed by atoms with E-state index in [9.17, 15) is 9.90 Å². The van der Waals surface area contributed by atoms with Gasteiger partial charge in [-0.25, -0.2) is 4.98 Å². The molecule has 180 valence electrons. The lowest BCUT2D eigenvalue weighted by molar-refractivity contribution is 0.0977. The SMILES string of the molecule is COc1cc(C(=O)NC(=S)Nc2ccc(O)c(-c3nc4ccc(C)cc4o3)c2)cc(OC)c1OC. The first kappa shape index (κ1) is 23.8. The summed E-state index contributed by atoms with van der Waals surface area (Å²) in [5.41, 5.74) is 3.49. The molecule has 0 atom stereocenters. The van der Waals surface area contributed by atoms with E-state index < -0.39 is 5.91 Å². The molecule has 35 heavy (non-hydrogen) atoms. The number of rotatable bonds is 6. The van der Waals surface area contributed by atoms with Crippen LogP contribution in [0.4, 0.5) is 5.69 Å². The lowest BCUT2D eigenvalue weighted by atomic mass is 10.1. The van der Waals surface area contributed by atoms with Crippen molar-refractivity contribution < 1.29 is 28.5 Å². The van der Waals surface area contributed by atoms with E-state index in [0.29, 0.717) is 39.6 Å². The fraction of sp³-hybridized carbons (Fsp3) is 0.160. The number of nitrogens with one attached hydrogen (secondary N) is 2. The first-order valence-corrected chi connectivity index (χ1v) is 10.9. The van der Waals surface area contributed by atoms with Gasteiger partial charge in [-0.05, 0) is 67.2 Å². The number of methoxy groups -OCH3 is 3. The van der Waals surface area contributed by atoms with Gasteiger partial charge in [0.25, 0.3) is 5.91 Å². The number of hydrogen-bond acceptors (Lipinski definition) is 8. The Hall–Kier alpha value is -4.31. The van der Waals surface area contributed by atoms with Crippen molar-refractivity contribution in [3.05, 3.63) is 59.7 Å². The summed E-state index contributed by atoms with van der Waals surface area (Å²) in [6, 6.07) is 13.4. The third-order valence-corrected chi connectivity index (χ3v) is 5.39. The Morgan fingerprint density at radius 2 is 1.71 bits per heavy atom. The summed E-state index contributed by atoms with van der Waals surface area (Å²) in [6.07, 6.45) is 0. The quantitative estimate of drug-likeness (QED) is 0.260. The fourth-order valence-electron chi connectivity index (χ4n) is 3.48. The number of nitrogens with zero attached hydrogens (tertiary/aromatic N) is 1. The number of oxazole rings is 1. The second kappa shape index (κ2) is 9.90. The zero-order valence-corrected chi connectivity index (χ0v) is 20.3. The maximum atomic E-state index is 12.8. The number of thiocarbonyl (C=S) groups is 1. The number of carbonyl (C=O) groups excluding carboxylic acids is 1. The van der Waals surface area contributed by atoms with Gasteiger partial charge in [0, 0.05) is 11.3 Å². The highest BCUT2D eigenvalue weighted by molar-refractivity contribution is 7.80. The van der Waals surface area contributed by atoms with E-state index in [1.165, 1.54) is 39.5 Å². The molecule has 1 heterocycles. The Labute approximate surface area is 206 Å². The summed E-state index contributed by atoms with van der Waals surface area (Å²) in [5, 5.41) is 16.0. The van der Waals surface area contributed by atoms with E-state index in [0.717, 1.165) is 5.56 Å². The number of carbonyl (C=O) groups is 1. The van der Waals surface area contributed by atoms with E-state index >= 15 is 0 Å². The van der Waals surface area contributed by atoms with E-state index in [2.05, 4.69) is 15.6 Å². The highest BCUT2D eigenvalue weighted by atomic mass is 32.1. The third-order valence-electron chi connectivity index (χ3n) is 5.18. The van der Waals surface area contributed by atoms with Gasteiger partial charge in [-0.1, -0.05) is 6.07 Å². The largest absolute Gasteiger partial charge is 0.507 e. The molecule has 0 spiro atoms. The van der Waals surface area contributed by atoms with Gasteiger partial charge in [-0.2, -0.15) is 0 Å². The number of benzene rings is 3. The Morgan fingerprint density at radius 3 is 2.37 bits per heavy atom. The highest BCUT2D eigenvalue weighted by Crippen LogP contribution is 2.38. The van der Waals surface area contributed by atoms with Crippen molar-refractivity contribution in [1.29, 1.82) is 0 Å². The van der Waals surface area contributed by atoms with Crippen molar-refractivity contribution in [3.63, 3.8) is 0 Å². The second-order valence-electron chi connectivity index (χ2n) is 7.54. The van der Waals surface area contributed by atoms with Gasteiger partial charge in [0.15, 0.2) is 22.2 Å². The van der Waals surface area contributed by atoms with E-state index in [1.807, 2.05) is 25.1 Å². The summed E-state index contributed by atoms with van der Waals surface area (Å²) in [5.74, 6) is 0.832. The molecule has 0 bridgehead atoms. The van der Waals surface area contributed by atoms with Gasteiger partial charge in [0.05, 0.1) is 26.9 Å². The summed E-state index contributed by atoms with van der Waals surface area (Å²) in [7, 11) is 4.41. The highest BCUT2D eigenvalue weighted by Gasteiger charge is 2.18. The number of aromatic hydroxyl groups is 1. The van der Waals surface area contributed by atoms with Crippen LogP contribution in [-0.2, 0) is 0 Å². The van der Waals surface area contributed by atoms with Crippen LogP contribution in [0.2, 0.25) is 0 Å². The van der Waals surface area contributed by atoms with Crippen molar-refractivity contribution in [3.8, 4) is 34.5 Å². The van der Waals surface area contributed by atoms with Crippen LogP contribution in [0.3, 0.4) is 0 Å². The van der Waals surface area contributed by atoms with Crippen molar-refractivity contribution in [1.82, 2.24) is 10.3 Å². The summed E-state index contributed by atoms with van der Waals surface area (Å²) in [6.45, 7) is 1.96. The van der Waals surface area contributed by atoms with Crippen LogP contribution in [0, 0.1) is 6.92 Å². The lowest BCUT2D eigenvalue weighted by Gasteiger charge is -2.15. The van der Waals surface area contributed by atoms with Crippen LogP contribution in [-0.4, -0.2) is 42.4 Å². The van der Waals surface area contributed by atoms with Gasteiger partial charge >= 0.3 is 0 Å². The molecule has 1 amide bonds. The maximum absolute atomic E-state index is 12.8. The van der Waals surface area contributed by atoms with Gasteiger partial charge in [-0.15, -0.1) is 0 Å². The average Bonchev–Trinajstić information content (AvgIpc) is 3.26. The molecule has 3 aromatic carbocycles. The number of phenols is 1. The minimum Gasteiger partial charge on any atom is -0.507 e. The van der Waals surface area contributed by atoms with Crippen LogP contribution in [0.5, 0.6) is 23.0 Å². The third kappa shape index (κ3) is 4.97. The van der Waals surface area contributed by atoms with Crippen molar-refractivity contribution in [2.75, 3.05) is 26.6 Å². The van der Waals surface area contributed by atoms with Crippen molar-refractivity contribution in [2.24, 2.45) is 0 Å². The predicted molar refractivity (Wildman–Crippen MR) is 136 cm³/mol. The normalized spacial score (nSPS) is 10.6. The molecule has 0 saturated heterocycles. The molecule has 0 fully saturated rings. The van der Waals surface area contributed by atoms with Crippen LogP contribution in [0.1, 0.15) is 15.9 Å². The predicted octanol–water partition coefficient (Wildman–Crippen LogP) is 4.66. The topological polar surface area (TPSA) is 115 Å². The standard InChI is InChI=1S/C25H23N3O6S/c1-13-5-7-17-19(9-13)34-24(27-17)16-12-15(6-8-18(16)29)26-25(35)28-23(30)14-10-20(31-2)22(33-4)21(11-14)32-3/h5-12,29H,1-4H3,(H2,26,28,30,35). The monoisotopic (exact) mass is 493 g/mol. The number of ether oxygens (including phenoxy) is 3. The van der Waals surface area contributed by atoms with Gasteiger partial charge in [0.1, 0.15) is 11.3 Å². The molecule has 0 unspecified atom stereocenters. The first-order chi connectivity index (χ1) is 16.8. The molecule has 0 radical (unpaired) electrons.